The third-order valence-corrected chi connectivity index (χ3v) is 7.64. The van der Waals surface area contributed by atoms with Crippen LogP contribution in [0.3, 0.4) is 0 Å². The first-order valence-corrected chi connectivity index (χ1v) is 12.3. The lowest BCUT2D eigenvalue weighted by molar-refractivity contribution is 0.0440. The number of rotatable bonds is 6. The molecule has 1 aromatic heterocycles. The fourth-order valence-corrected chi connectivity index (χ4v) is 5.63. The second-order valence-electron chi connectivity index (χ2n) is 7.78. The molecule has 0 radical (unpaired) electrons. The smallest absolute Gasteiger partial charge is 0.275 e. The number of nitrogens with one attached hydrogen (secondary N) is 4. The summed E-state index contributed by atoms with van der Waals surface area (Å²) in [6, 6.07) is 2.99. The number of thioether (sulfide) groups is 2. The number of hydrogen-bond donors (Lipinski definition) is 5. The van der Waals surface area contributed by atoms with Gasteiger partial charge in [0.05, 0.1) is 16.3 Å². The number of benzene rings is 1. The zero-order valence-electron chi connectivity index (χ0n) is 18.6. The Labute approximate surface area is 203 Å². The number of halogens is 2. The molecule has 5 N–H and O–H groups in total. The summed E-state index contributed by atoms with van der Waals surface area (Å²) in [7, 11) is 3.37. The maximum Gasteiger partial charge on any atom is 0.275 e. The zero-order chi connectivity index (χ0) is 25.0. The number of amides is 1. The number of aromatic amines is 1. The monoisotopic (exact) mass is 509 g/mol. The summed E-state index contributed by atoms with van der Waals surface area (Å²) >= 11 is 2.39. The minimum atomic E-state index is -0.925. The van der Waals surface area contributed by atoms with Crippen LogP contribution >= 0.6 is 23.5 Å². The Balaban J connectivity index is 1.76. The first-order valence-electron chi connectivity index (χ1n) is 10.4. The predicted octanol–water partition coefficient (Wildman–Crippen LogP) is 3.15. The molecule has 2 aromatic rings. The highest BCUT2D eigenvalue weighted by Gasteiger charge is 2.39. The fraction of sp³-hybridized carbons (Fsp3) is 0.364. The number of carbonyl (C=O) groups excluding carboxylic acids is 1. The van der Waals surface area contributed by atoms with E-state index >= 15 is 0 Å². The van der Waals surface area contributed by atoms with Crippen LogP contribution in [0.15, 0.2) is 29.2 Å². The van der Waals surface area contributed by atoms with E-state index in [1.807, 2.05) is 0 Å². The van der Waals surface area contributed by atoms with Gasteiger partial charge in [0.15, 0.2) is 11.4 Å². The number of aromatic nitrogens is 1. The van der Waals surface area contributed by atoms with Crippen LogP contribution in [-0.2, 0) is 6.42 Å². The number of nitrogens with zero attached hydrogens (tertiary/aromatic N) is 1. The van der Waals surface area contributed by atoms with E-state index in [2.05, 4.69) is 10.3 Å². The molecule has 0 aliphatic carbocycles. The Kier molecular flexibility index (Phi) is 8.16. The van der Waals surface area contributed by atoms with Crippen LogP contribution in [0.25, 0.3) is 0 Å². The quantitative estimate of drug-likeness (QED) is 0.231. The summed E-state index contributed by atoms with van der Waals surface area (Å²) < 4.78 is 26.9. The van der Waals surface area contributed by atoms with Crippen molar-refractivity contribution in [3.8, 4) is 5.75 Å². The van der Waals surface area contributed by atoms with Crippen LogP contribution in [0.4, 0.5) is 8.78 Å². The molecule has 0 bridgehead atoms. The van der Waals surface area contributed by atoms with Gasteiger partial charge in [-0.2, -0.15) is 11.8 Å². The summed E-state index contributed by atoms with van der Waals surface area (Å²) in [6.07, 6.45) is 2.36. The molecule has 0 saturated carbocycles. The lowest BCUT2D eigenvalue weighted by atomic mass is 10.0. The number of H-pyrrole nitrogens is 1. The van der Waals surface area contributed by atoms with Gasteiger partial charge >= 0.3 is 0 Å². The molecule has 182 valence electrons. The molecule has 1 fully saturated rings. The minimum absolute atomic E-state index is 0.0759. The van der Waals surface area contributed by atoms with Gasteiger partial charge in [-0.3, -0.25) is 25.7 Å². The first-order chi connectivity index (χ1) is 16.1. The van der Waals surface area contributed by atoms with Gasteiger partial charge in [0.1, 0.15) is 16.7 Å². The van der Waals surface area contributed by atoms with Crippen LogP contribution in [-0.4, -0.2) is 62.2 Å². The van der Waals surface area contributed by atoms with Gasteiger partial charge in [-0.05, 0) is 43.0 Å². The van der Waals surface area contributed by atoms with Gasteiger partial charge in [-0.15, -0.1) is 0 Å². The SMILES string of the molecule is CNC1(N(C)C(=O)c2[nH]cc(C(=N)SC(=N)Cc3ccc(F)cc3F)c(=O)c2O)CCSCC1. The van der Waals surface area contributed by atoms with Crippen LogP contribution < -0.4 is 10.7 Å². The topological polar surface area (TPSA) is 133 Å². The lowest BCUT2D eigenvalue weighted by Gasteiger charge is -2.44. The minimum Gasteiger partial charge on any atom is -0.503 e. The van der Waals surface area contributed by atoms with Gasteiger partial charge in [0.2, 0.25) is 5.43 Å². The molecule has 1 aromatic carbocycles. The Morgan fingerprint density at radius 3 is 2.62 bits per heavy atom. The zero-order valence-corrected chi connectivity index (χ0v) is 20.3. The van der Waals surface area contributed by atoms with Gasteiger partial charge in [-0.25, -0.2) is 8.78 Å². The lowest BCUT2D eigenvalue weighted by Crippen LogP contribution is -2.60. The molecule has 2 heterocycles. The normalized spacial score (nSPS) is 15.1. The molecule has 1 aliphatic rings. The maximum atomic E-state index is 13.8. The second kappa shape index (κ2) is 10.7. The molecular formula is C22H25F2N5O3S2. The number of carbonyl (C=O) groups is 1. The van der Waals surface area contributed by atoms with Crippen molar-refractivity contribution in [1.29, 1.82) is 10.8 Å². The highest BCUT2D eigenvalue weighted by atomic mass is 32.2. The summed E-state index contributed by atoms with van der Waals surface area (Å²) in [5, 5.41) is 29.3. The third-order valence-electron chi connectivity index (χ3n) is 5.84. The molecule has 0 spiro atoms. The van der Waals surface area contributed by atoms with Crippen LogP contribution in [0, 0.1) is 22.5 Å². The average molecular weight is 510 g/mol. The van der Waals surface area contributed by atoms with Crippen molar-refractivity contribution in [2.75, 3.05) is 25.6 Å². The van der Waals surface area contributed by atoms with Crippen molar-refractivity contribution in [3.05, 3.63) is 63.1 Å². The average Bonchev–Trinajstić information content (AvgIpc) is 2.82. The summed E-state index contributed by atoms with van der Waals surface area (Å²) in [5.41, 5.74) is -1.97. The van der Waals surface area contributed by atoms with E-state index in [0.29, 0.717) is 30.7 Å². The number of pyridine rings is 1. The van der Waals surface area contributed by atoms with E-state index in [0.717, 1.165) is 23.8 Å². The molecular weight excluding hydrogens is 484 g/mol. The fourth-order valence-electron chi connectivity index (χ4n) is 3.73. The van der Waals surface area contributed by atoms with Crippen molar-refractivity contribution >= 4 is 39.5 Å². The Morgan fingerprint density at radius 2 is 2.00 bits per heavy atom. The highest BCUT2D eigenvalue weighted by molar-refractivity contribution is 8.26. The van der Waals surface area contributed by atoms with Crippen molar-refractivity contribution in [2.45, 2.75) is 24.9 Å². The second-order valence-corrected chi connectivity index (χ2v) is 10.1. The summed E-state index contributed by atoms with van der Waals surface area (Å²) in [4.78, 5) is 29.9. The molecule has 34 heavy (non-hydrogen) atoms. The van der Waals surface area contributed by atoms with E-state index < -0.39 is 34.4 Å². The largest absolute Gasteiger partial charge is 0.503 e. The van der Waals surface area contributed by atoms with Crippen molar-refractivity contribution < 1.29 is 18.7 Å². The molecule has 1 aliphatic heterocycles. The predicted molar refractivity (Wildman–Crippen MR) is 131 cm³/mol. The van der Waals surface area contributed by atoms with Gasteiger partial charge in [0, 0.05) is 25.7 Å². The molecule has 12 heteroatoms. The van der Waals surface area contributed by atoms with Crippen molar-refractivity contribution in [1.82, 2.24) is 15.2 Å². The summed E-state index contributed by atoms with van der Waals surface area (Å²) in [5.74, 6) is -1.20. The van der Waals surface area contributed by atoms with Crippen LogP contribution in [0.5, 0.6) is 5.75 Å². The molecule has 0 atom stereocenters. The third kappa shape index (κ3) is 5.34. The number of aromatic hydroxyl groups is 1. The van der Waals surface area contributed by atoms with Crippen molar-refractivity contribution in [3.63, 3.8) is 0 Å². The van der Waals surface area contributed by atoms with E-state index in [1.54, 1.807) is 25.9 Å². The van der Waals surface area contributed by atoms with E-state index in [1.165, 1.54) is 11.0 Å². The molecule has 8 nitrogen and oxygen atoms in total. The van der Waals surface area contributed by atoms with E-state index in [9.17, 15) is 23.5 Å². The van der Waals surface area contributed by atoms with Gasteiger partial charge in [-0.1, -0.05) is 17.8 Å². The van der Waals surface area contributed by atoms with Gasteiger partial charge in [0.25, 0.3) is 5.91 Å². The van der Waals surface area contributed by atoms with Crippen molar-refractivity contribution in [2.24, 2.45) is 0 Å². The molecule has 1 saturated heterocycles. The maximum absolute atomic E-state index is 13.8. The molecule has 3 rings (SSSR count). The summed E-state index contributed by atoms with van der Waals surface area (Å²) in [6.45, 7) is 0. The Morgan fingerprint density at radius 1 is 1.32 bits per heavy atom. The first kappa shape index (κ1) is 25.9. The molecule has 1 amide bonds. The number of hydrogen-bond acceptors (Lipinski definition) is 8. The Bertz CT molecular complexity index is 1180. The van der Waals surface area contributed by atoms with Gasteiger partial charge < -0.3 is 15.0 Å². The van der Waals surface area contributed by atoms with Crippen LogP contribution in [0.2, 0.25) is 0 Å². The highest BCUT2D eigenvalue weighted by Crippen LogP contribution is 2.31. The molecule has 0 unspecified atom stereocenters. The van der Waals surface area contributed by atoms with E-state index in [4.69, 9.17) is 10.8 Å². The van der Waals surface area contributed by atoms with Crippen LogP contribution in [0.1, 0.15) is 34.5 Å². The standard InChI is InChI=1S/C22H25F2N5O3S2/c1-27-22(5-7-33-8-6-22)29(2)21(32)17-19(31)18(30)14(11-28-17)20(26)34-16(25)9-12-3-4-13(23)10-15(12)24/h3-4,10-11,25-27,31H,5-9H2,1-2H3,(H,28,30). The Hall–Kier alpha value is -2.70. The van der Waals surface area contributed by atoms with E-state index in [-0.39, 0.29) is 33.3 Å².